The third-order valence-corrected chi connectivity index (χ3v) is 5.85. The number of aromatic nitrogens is 1. The van der Waals surface area contributed by atoms with Gasteiger partial charge in [-0.3, -0.25) is 0 Å². The zero-order valence-corrected chi connectivity index (χ0v) is 17.2. The molecule has 0 spiro atoms. The molecule has 0 unspecified atom stereocenters. The SMILES string of the molecule is O=S(=O)(Nc1oc(COc2ccccc2Cl)nc1-c1ccccc1)c1ccccc1. The minimum Gasteiger partial charge on any atom is -0.482 e. The number of hydrogen-bond donors (Lipinski definition) is 1. The van der Waals surface area contributed by atoms with Crippen LogP contribution in [-0.2, 0) is 16.6 Å². The van der Waals surface area contributed by atoms with Gasteiger partial charge in [-0.1, -0.05) is 72.3 Å². The minimum absolute atomic E-state index is 0.0165. The van der Waals surface area contributed by atoms with Crippen molar-refractivity contribution in [3.8, 4) is 17.0 Å². The Morgan fingerprint density at radius 2 is 1.53 bits per heavy atom. The summed E-state index contributed by atoms with van der Waals surface area (Å²) < 4.78 is 39.4. The van der Waals surface area contributed by atoms with E-state index in [1.165, 1.54) is 12.1 Å². The first-order valence-electron chi connectivity index (χ1n) is 9.03. The molecule has 0 saturated carbocycles. The zero-order chi connectivity index (χ0) is 21.0. The summed E-state index contributed by atoms with van der Waals surface area (Å²) in [5.74, 6) is 0.701. The quantitative estimate of drug-likeness (QED) is 0.417. The molecular weight excluding hydrogens is 424 g/mol. The van der Waals surface area contributed by atoms with Crippen molar-refractivity contribution in [2.45, 2.75) is 11.5 Å². The predicted molar refractivity (Wildman–Crippen MR) is 115 cm³/mol. The Morgan fingerprint density at radius 3 is 2.23 bits per heavy atom. The molecule has 6 nitrogen and oxygen atoms in total. The van der Waals surface area contributed by atoms with Gasteiger partial charge in [0, 0.05) is 5.56 Å². The first-order chi connectivity index (χ1) is 14.5. The molecule has 0 aliphatic heterocycles. The Balaban J connectivity index is 1.66. The number of oxazole rings is 1. The second-order valence-electron chi connectivity index (χ2n) is 6.29. The molecule has 30 heavy (non-hydrogen) atoms. The lowest BCUT2D eigenvalue weighted by molar-refractivity contribution is 0.265. The molecule has 0 radical (unpaired) electrons. The van der Waals surface area contributed by atoms with Crippen molar-refractivity contribution < 1.29 is 17.6 Å². The van der Waals surface area contributed by atoms with Gasteiger partial charge in [0.2, 0.25) is 11.8 Å². The highest BCUT2D eigenvalue weighted by Gasteiger charge is 2.22. The van der Waals surface area contributed by atoms with E-state index in [1.807, 2.05) is 30.3 Å². The number of rotatable bonds is 7. The van der Waals surface area contributed by atoms with Crippen LogP contribution in [0.3, 0.4) is 0 Å². The van der Waals surface area contributed by atoms with E-state index in [1.54, 1.807) is 42.5 Å². The highest BCUT2D eigenvalue weighted by Crippen LogP contribution is 2.31. The number of ether oxygens (including phenoxy) is 1. The molecule has 4 aromatic rings. The first kappa shape index (κ1) is 20.0. The summed E-state index contributed by atoms with van der Waals surface area (Å²) in [6, 6.07) is 24.2. The Hall–Kier alpha value is -3.29. The fourth-order valence-corrected chi connectivity index (χ4v) is 3.97. The highest BCUT2D eigenvalue weighted by molar-refractivity contribution is 7.92. The summed E-state index contributed by atoms with van der Waals surface area (Å²) in [6.45, 7) is -0.0172. The van der Waals surface area contributed by atoms with E-state index in [0.717, 1.165) is 0 Å². The van der Waals surface area contributed by atoms with E-state index in [0.29, 0.717) is 22.0 Å². The van der Waals surface area contributed by atoms with Crippen molar-refractivity contribution in [3.63, 3.8) is 0 Å². The van der Waals surface area contributed by atoms with Gasteiger partial charge in [0.1, 0.15) is 11.4 Å². The van der Waals surface area contributed by atoms with E-state index in [9.17, 15) is 8.42 Å². The second kappa shape index (κ2) is 8.61. The lowest BCUT2D eigenvalue weighted by Crippen LogP contribution is -2.12. The van der Waals surface area contributed by atoms with Crippen LogP contribution < -0.4 is 9.46 Å². The third-order valence-electron chi connectivity index (χ3n) is 4.19. The van der Waals surface area contributed by atoms with Gasteiger partial charge in [-0.25, -0.2) is 18.1 Å². The summed E-state index contributed by atoms with van der Waals surface area (Å²) >= 11 is 6.11. The van der Waals surface area contributed by atoms with Crippen LogP contribution in [0.5, 0.6) is 5.75 Å². The molecule has 8 heteroatoms. The zero-order valence-electron chi connectivity index (χ0n) is 15.7. The molecule has 0 aliphatic carbocycles. The van der Waals surface area contributed by atoms with Gasteiger partial charge in [-0.15, -0.1) is 0 Å². The van der Waals surface area contributed by atoms with Crippen LogP contribution in [-0.4, -0.2) is 13.4 Å². The molecule has 3 aromatic carbocycles. The van der Waals surface area contributed by atoms with Crippen LogP contribution in [0.4, 0.5) is 5.88 Å². The van der Waals surface area contributed by atoms with E-state index < -0.39 is 10.0 Å². The van der Waals surface area contributed by atoms with Crippen molar-refractivity contribution in [2.24, 2.45) is 0 Å². The molecule has 152 valence electrons. The summed E-state index contributed by atoms with van der Waals surface area (Å²) in [5, 5.41) is 0.456. The monoisotopic (exact) mass is 440 g/mol. The van der Waals surface area contributed by atoms with Crippen molar-refractivity contribution in [2.75, 3.05) is 4.72 Å². The van der Waals surface area contributed by atoms with Gasteiger partial charge in [0.05, 0.1) is 9.92 Å². The number of sulfonamides is 1. The van der Waals surface area contributed by atoms with Gasteiger partial charge >= 0.3 is 0 Å². The molecule has 0 saturated heterocycles. The van der Waals surface area contributed by atoms with Crippen molar-refractivity contribution in [3.05, 3.63) is 95.8 Å². The lowest BCUT2D eigenvalue weighted by Gasteiger charge is -2.07. The van der Waals surface area contributed by atoms with Crippen LogP contribution in [0, 0.1) is 0 Å². The Labute approximate surface area is 179 Å². The molecule has 1 aromatic heterocycles. The van der Waals surface area contributed by atoms with Gasteiger partial charge in [0.15, 0.2) is 6.61 Å². The lowest BCUT2D eigenvalue weighted by atomic mass is 10.2. The summed E-state index contributed by atoms with van der Waals surface area (Å²) in [7, 11) is -3.85. The highest BCUT2D eigenvalue weighted by atomic mass is 35.5. The van der Waals surface area contributed by atoms with Gasteiger partial charge in [0.25, 0.3) is 10.0 Å². The normalized spacial score (nSPS) is 11.2. The number of nitrogens with zero attached hydrogens (tertiary/aromatic N) is 1. The number of nitrogens with one attached hydrogen (secondary N) is 1. The second-order valence-corrected chi connectivity index (χ2v) is 8.38. The molecule has 0 amide bonds. The molecule has 0 fully saturated rings. The van der Waals surface area contributed by atoms with E-state index >= 15 is 0 Å². The Morgan fingerprint density at radius 1 is 0.900 bits per heavy atom. The number of halogens is 1. The summed E-state index contributed by atoms with van der Waals surface area (Å²) in [6.07, 6.45) is 0. The van der Waals surface area contributed by atoms with Crippen LogP contribution in [0.15, 0.2) is 94.2 Å². The molecule has 4 rings (SSSR count). The van der Waals surface area contributed by atoms with Crippen molar-refractivity contribution in [1.82, 2.24) is 4.98 Å². The average Bonchev–Trinajstić information content (AvgIpc) is 3.16. The molecule has 0 aliphatic rings. The van der Waals surface area contributed by atoms with E-state index in [4.69, 9.17) is 20.8 Å². The van der Waals surface area contributed by atoms with Crippen LogP contribution >= 0.6 is 11.6 Å². The third kappa shape index (κ3) is 4.48. The Bertz CT molecular complexity index is 1240. The standard InChI is InChI=1S/C22H17ClN2O4S/c23-18-13-7-8-14-19(18)28-15-20-24-21(16-9-3-1-4-10-16)22(29-20)25-30(26,27)17-11-5-2-6-12-17/h1-14,25H,15H2. The predicted octanol–water partition coefficient (Wildman–Crippen LogP) is 5.37. The minimum atomic E-state index is -3.85. The average molecular weight is 441 g/mol. The van der Waals surface area contributed by atoms with Crippen LogP contribution in [0.25, 0.3) is 11.3 Å². The smallest absolute Gasteiger partial charge is 0.264 e. The Kier molecular flexibility index (Phi) is 5.74. The van der Waals surface area contributed by atoms with Gasteiger partial charge in [-0.05, 0) is 24.3 Å². The number of anilines is 1. The van der Waals surface area contributed by atoms with Crippen LogP contribution in [0.2, 0.25) is 5.02 Å². The maximum Gasteiger partial charge on any atom is 0.264 e. The van der Waals surface area contributed by atoms with E-state index in [2.05, 4.69) is 9.71 Å². The molecular formula is C22H17ClN2O4S. The van der Waals surface area contributed by atoms with Crippen molar-refractivity contribution in [1.29, 1.82) is 0 Å². The fourth-order valence-electron chi connectivity index (χ4n) is 2.77. The largest absolute Gasteiger partial charge is 0.482 e. The summed E-state index contributed by atoms with van der Waals surface area (Å²) in [5.41, 5.74) is 1.07. The van der Waals surface area contributed by atoms with Gasteiger partial charge in [-0.2, -0.15) is 0 Å². The maximum atomic E-state index is 12.8. The summed E-state index contributed by atoms with van der Waals surface area (Å²) in [4.78, 5) is 4.56. The molecule has 0 bridgehead atoms. The van der Waals surface area contributed by atoms with Crippen molar-refractivity contribution >= 4 is 27.5 Å². The van der Waals surface area contributed by atoms with Crippen LogP contribution in [0.1, 0.15) is 5.89 Å². The number of benzene rings is 3. The number of hydrogen-bond acceptors (Lipinski definition) is 5. The van der Waals surface area contributed by atoms with E-state index in [-0.39, 0.29) is 23.3 Å². The molecule has 1 N–H and O–H groups in total. The van der Waals surface area contributed by atoms with Gasteiger partial charge < -0.3 is 9.15 Å². The molecule has 0 atom stereocenters. The molecule has 1 heterocycles. The maximum absolute atomic E-state index is 12.8. The fraction of sp³-hybridized carbons (Fsp3) is 0.0455. The number of para-hydroxylation sites is 1. The first-order valence-corrected chi connectivity index (χ1v) is 10.9. The topological polar surface area (TPSA) is 81.4 Å².